The Morgan fingerprint density at radius 3 is 2.37 bits per heavy atom. The van der Waals surface area contributed by atoms with Gasteiger partial charge in [0, 0.05) is 25.2 Å². The predicted molar refractivity (Wildman–Crippen MR) is 109 cm³/mol. The molecule has 0 aliphatic heterocycles. The normalized spacial score (nSPS) is 11.0. The summed E-state index contributed by atoms with van der Waals surface area (Å²) in [6, 6.07) is 15.9. The van der Waals surface area contributed by atoms with Crippen molar-refractivity contribution in [2.75, 3.05) is 34.4 Å². The average Bonchev–Trinajstić information content (AvgIpc) is 2.70. The number of methoxy groups -OCH3 is 2. The second-order valence-corrected chi connectivity index (χ2v) is 6.35. The Labute approximate surface area is 161 Å². The van der Waals surface area contributed by atoms with Crippen molar-refractivity contribution in [3.63, 3.8) is 0 Å². The number of nitrogens with zero attached hydrogens (tertiary/aromatic N) is 1. The van der Waals surface area contributed by atoms with Crippen LogP contribution in [-0.2, 0) is 11.3 Å². The van der Waals surface area contributed by atoms with E-state index in [1.807, 2.05) is 30.3 Å². The van der Waals surface area contributed by atoms with Gasteiger partial charge in [-0.15, -0.1) is 0 Å². The number of hydrogen-bond acceptors (Lipinski definition) is 4. The van der Waals surface area contributed by atoms with Crippen LogP contribution in [0.3, 0.4) is 0 Å². The smallest absolute Gasteiger partial charge is 0.243 e. The largest absolute Gasteiger partial charge is 0.497 e. The third-order valence-electron chi connectivity index (χ3n) is 4.11. The van der Waals surface area contributed by atoms with Gasteiger partial charge in [-0.25, -0.2) is 0 Å². The number of amides is 1. The number of ether oxygens (including phenoxy) is 2. The molecule has 0 unspecified atom stereocenters. The zero-order chi connectivity index (χ0) is 19.5. The molecular weight excluding hydrogens is 340 g/mol. The average molecular weight is 368 g/mol. The second kappa shape index (κ2) is 11.0. The van der Waals surface area contributed by atoms with Gasteiger partial charge in [-0.3, -0.25) is 4.79 Å². The second-order valence-electron chi connectivity index (χ2n) is 6.35. The van der Waals surface area contributed by atoms with Gasteiger partial charge in [-0.05, 0) is 49.3 Å². The van der Waals surface area contributed by atoms with Crippen molar-refractivity contribution >= 4 is 12.0 Å². The number of carbonyl (C=O) groups excluding carboxylic acids is 1. The lowest BCUT2D eigenvalue weighted by Crippen LogP contribution is -2.26. The van der Waals surface area contributed by atoms with Gasteiger partial charge in [-0.2, -0.15) is 0 Å². The highest BCUT2D eigenvalue weighted by Gasteiger charge is 2.02. The SMILES string of the molecule is COc1cc(/C=C/C(=O)NCCCN(C)Cc2ccccc2)cc(OC)c1. The third-order valence-corrected chi connectivity index (χ3v) is 4.11. The van der Waals surface area contributed by atoms with E-state index in [9.17, 15) is 4.79 Å². The van der Waals surface area contributed by atoms with Crippen LogP contribution in [0.15, 0.2) is 54.6 Å². The zero-order valence-corrected chi connectivity index (χ0v) is 16.3. The quantitative estimate of drug-likeness (QED) is 0.516. The van der Waals surface area contributed by atoms with E-state index in [2.05, 4.69) is 29.4 Å². The van der Waals surface area contributed by atoms with E-state index < -0.39 is 0 Å². The predicted octanol–water partition coefficient (Wildman–Crippen LogP) is 3.36. The van der Waals surface area contributed by atoms with Gasteiger partial charge in [0.15, 0.2) is 0 Å². The molecule has 0 aromatic heterocycles. The topological polar surface area (TPSA) is 50.8 Å². The molecule has 0 aliphatic rings. The highest BCUT2D eigenvalue weighted by atomic mass is 16.5. The van der Waals surface area contributed by atoms with Gasteiger partial charge in [0.1, 0.15) is 11.5 Å². The maximum Gasteiger partial charge on any atom is 0.243 e. The van der Waals surface area contributed by atoms with Gasteiger partial charge in [0.2, 0.25) is 5.91 Å². The molecule has 2 rings (SSSR count). The molecule has 5 nitrogen and oxygen atoms in total. The van der Waals surface area contributed by atoms with Crippen molar-refractivity contribution in [3.05, 3.63) is 65.7 Å². The lowest BCUT2D eigenvalue weighted by molar-refractivity contribution is -0.116. The molecule has 27 heavy (non-hydrogen) atoms. The first kappa shape index (κ1) is 20.5. The van der Waals surface area contributed by atoms with Crippen LogP contribution in [0.25, 0.3) is 6.08 Å². The van der Waals surface area contributed by atoms with E-state index in [0.29, 0.717) is 18.0 Å². The van der Waals surface area contributed by atoms with Gasteiger partial charge in [0.25, 0.3) is 0 Å². The number of hydrogen-bond donors (Lipinski definition) is 1. The Bertz CT molecular complexity index is 722. The molecule has 0 spiro atoms. The fourth-order valence-corrected chi connectivity index (χ4v) is 2.69. The number of nitrogens with one attached hydrogen (secondary N) is 1. The summed E-state index contributed by atoms with van der Waals surface area (Å²) in [6.07, 6.45) is 4.18. The van der Waals surface area contributed by atoms with Crippen LogP contribution < -0.4 is 14.8 Å². The first-order valence-electron chi connectivity index (χ1n) is 9.02. The summed E-state index contributed by atoms with van der Waals surface area (Å²) in [6.45, 7) is 2.47. The van der Waals surface area contributed by atoms with Crippen LogP contribution >= 0.6 is 0 Å². The molecule has 0 atom stereocenters. The Balaban J connectivity index is 1.72. The van der Waals surface area contributed by atoms with Gasteiger partial charge < -0.3 is 19.7 Å². The van der Waals surface area contributed by atoms with Crippen LogP contribution in [0.1, 0.15) is 17.5 Å². The highest BCUT2D eigenvalue weighted by Crippen LogP contribution is 2.23. The van der Waals surface area contributed by atoms with Crippen molar-refractivity contribution in [2.24, 2.45) is 0 Å². The van der Waals surface area contributed by atoms with Crippen LogP contribution in [0.4, 0.5) is 0 Å². The van der Waals surface area contributed by atoms with E-state index in [4.69, 9.17) is 9.47 Å². The van der Waals surface area contributed by atoms with Gasteiger partial charge >= 0.3 is 0 Å². The van der Waals surface area contributed by atoms with Crippen molar-refractivity contribution in [3.8, 4) is 11.5 Å². The van der Waals surface area contributed by atoms with Crippen LogP contribution in [0, 0.1) is 0 Å². The molecule has 0 heterocycles. The Morgan fingerprint density at radius 1 is 1.07 bits per heavy atom. The number of rotatable bonds is 10. The van der Waals surface area contributed by atoms with Crippen LogP contribution in [0.2, 0.25) is 0 Å². The van der Waals surface area contributed by atoms with E-state index in [1.54, 1.807) is 26.4 Å². The first-order chi connectivity index (χ1) is 13.1. The minimum atomic E-state index is -0.109. The summed E-state index contributed by atoms with van der Waals surface area (Å²) >= 11 is 0. The fraction of sp³-hybridized carbons (Fsp3) is 0.318. The molecule has 1 N–H and O–H groups in total. The van der Waals surface area contributed by atoms with Crippen molar-refractivity contribution in [1.29, 1.82) is 0 Å². The maximum absolute atomic E-state index is 12.0. The minimum Gasteiger partial charge on any atom is -0.497 e. The molecule has 0 fully saturated rings. The van der Waals surface area contributed by atoms with Gasteiger partial charge in [-0.1, -0.05) is 30.3 Å². The maximum atomic E-state index is 12.0. The molecule has 0 saturated heterocycles. The van der Waals surface area contributed by atoms with E-state index in [0.717, 1.165) is 25.1 Å². The van der Waals surface area contributed by atoms with E-state index in [1.165, 1.54) is 11.6 Å². The lowest BCUT2D eigenvalue weighted by atomic mass is 10.2. The molecular formula is C22H28N2O3. The molecule has 144 valence electrons. The summed E-state index contributed by atoms with van der Waals surface area (Å²) < 4.78 is 10.5. The van der Waals surface area contributed by atoms with Crippen molar-refractivity contribution in [2.45, 2.75) is 13.0 Å². The molecule has 5 heteroatoms. The third kappa shape index (κ3) is 7.54. The molecule has 2 aromatic carbocycles. The standard InChI is InChI=1S/C22H28N2O3/c1-24(17-18-8-5-4-6-9-18)13-7-12-23-22(25)11-10-19-14-20(26-2)16-21(15-19)27-3/h4-6,8-11,14-16H,7,12-13,17H2,1-3H3,(H,23,25)/b11-10+. The number of benzene rings is 2. The summed E-state index contributed by atoms with van der Waals surface area (Å²) in [5.41, 5.74) is 2.14. The summed E-state index contributed by atoms with van der Waals surface area (Å²) in [7, 11) is 5.29. The van der Waals surface area contributed by atoms with Crippen LogP contribution in [0.5, 0.6) is 11.5 Å². The van der Waals surface area contributed by atoms with E-state index >= 15 is 0 Å². The first-order valence-corrected chi connectivity index (χ1v) is 9.02. The highest BCUT2D eigenvalue weighted by molar-refractivity contribution is 5.91. The zero-order valence-electron chi connectivity index (χ0n) is 16.3. The molecule has 1 amide bonds. The summed E-state index contributed by atoms with van der Waals surface area (Å²) in [4.78, 5) is 14.2. The summed E-state index contributed by atoms with van der Waals surface area (Å²) in [5.74, 6) is 1.27. The molecule has 0 bridgehead atoms. The van der Waals surface area contributed by atoms with Crippen LogP contribution in [-0.4, -0.2) is 45.2 Å². The minimum absolute atomic E-state index is 0.109. The molecule has 0 saturated carbocycles. The molecule has 0 radical (unpaired) electrons. The number of carbonyl (C=O) groups is 1. The lowest BCUT2D eigenvalue weighted by Gasteiger charge is -2.16. The van der Waals surface area contributed by atoms with E-state index in [-0.39, 0.29) is 5.91 Å². The Kier molecular flexibility index (Phi) is 8.39. The fourth-order valence-electron chi connectivity index (χ4n) is 2.69. The Morgan fingerprint density at radius 2 is 1.74 bits per heavy atom. The molecule has 0 aliphatic carbocycles. The van der Waals surface area contributed by atoms with Gasteiger partial charge in [0.05, 0.1) is 14.2 Å². The molecule has 2 aromatic rings. The summed E-state index contributed by atoms with van der Waals surface area (Å²) in [5, 5.41) is 2.91. The van der Waals surface area contributed by atoms with Crippen molar-refractivity contribution < 1.29 is 14.3 Å². The van der Waals surface area contributed by atoms with Crippen molar-refractivity contribution in [1.82, 2.24) is 10.2 Å². The Hall–Kier alpha value is -2.79. The monoisotopic (exact) mass is 368 g/mol.